The van der Waals surface area contributed by atoms with Crippen LogP contribution >= 0.6 is 0 Å². The second-order valence-corrected chi connectivity index (χ2v) is 11.9. The molecule has 6 heteroatoms. The fourth-order valence-corrected chi connectivity index (χ4v) is 5.04. The highest BCUT2D eigenvalue weighted by molar-refractivity contribution is 5.84. The maximum atomic E-state index is 10.5. The van der Waals surface area contributed by atoms with Gasteiger partial charge in [-0.1, -0.05) is 111 Å². The van der Waals surface area contributed by atoms with Crippen LogP contribution in [0.2, 0.25) is 0 Å². The molecule has 2 N–H and O–H groups in total. The third-order valence-corrected chi connectivity index (χ3v) is 7.98. The van der Waals surface area contributed by atoms with Gasteiger partial charge in [0, 0.05) is 35.7 Å². The summed E-state index contributed by atoms with van der Waals surface area (Å²) in [4.78, 5) is 9.17. The number of ether oxygens (including phenoxy) is 2. The molecule has 2 aromatic rings. The van der Waals surface area contributed by atoms with Crippen molar-refractivity contribution in [2.24, 2.45) is 9.98 Å². The second kappa shape index (κ2) is 24.3. The molecule has 1 atom stereocenters. The van der Waals surface area contributed by atoms with Gasteiger partial charge in [0.25, 0.3) is 0 Å². The fraction of sp³-hybridized carbons (Fsp3) is 0.632. The summed E-state index contributed by atoms with van der Waals surface area (Å²) in [5, 5.41) is 20.9. The van der Waals surface area contributed by atoms with Crippen molar-refractivity contribution in [1.82, 2.24) is 0 Å². The number of hydrogen-bond acceptors (Lipinski definition) is 6. The van der Waals surface area contributed by atoms with Crippen molar-refractivity contribution in [2.75, 3.05) is 19.8 Å². The van der Waals surface area contributed by atoms with Crippen LogP contribution in [0.15, 0.2) is 46.4 Å². The van der Waals surface area contributed by atoms with Gasteiger partial charge >= 0.3 is 0 Å². The van der Waals surface area contributed by atoms with Crippen LogP contribution in [-0.2, 0) is 0 Å². The summed E-state index contributed by atoms with van der Waals surface area (Å²) < 4.78 is 11.7. The van der Waals surface area contributed by atoms with Crippen LogP contribution in [-0.4, -0.2) is 48.4 Å². The molecule has 0 bridgehead atoms. The Morgan fingerprint density at radius 2 is 1.02 bits per heavy atom. The van der Waals surface area contributed by atoms with Gasteiger partial charge in [0.2, 0.25) is 0 Å². The zero-order valence-corrected chi connectivity index (χ0v) is 27.9. The van der Waals surface area contributed by atoms with Crippen molar-refractivity contribution < 1.29 is 19.7 Å². The van der Waals surface area contributed by atoms with E-state index in [1.165, 1.54) is 89.9 Å². The van der Waals surface area contributed by atoms with E-state index in [2.05, 4.69) is 30.8 Å². The molecule has 0 aromatic heterocycles. The Morgan fingerprint density at radius 3 is 1.45 bits per heavy atom. The largest absolute Gasteiger partial charge is 0.507 e. The maximum Gasteiger partial charge on any atom is 0.128 e. The number of rotatable bonds is 26. The van der Waals surface area contributed by atoms with E-state index < -0.39 is 0 Å². The molecule has 0 heterocycles. The first-order valence-electron chi connectivity index (χ1n) is 17.5. The van der Waals surface area contributed by atoms with Crippen molar-refractivity contribution in [3.63, 3.8) is 0 Å². The molecule has 0 saturated carbocycles. The number of nitrogens with zero attached hydrogens (tertiary/aromatic N) is 2. The molecule has 0 aliphatic heterocycles. The van der Waals surface area contributed by atoms with E-state index in [0.29, 0.717) is 42.4 Å². The molecular formula is C38H60N2O4. The molecule has 0 spiro atoms. The summed E-state index contributed by atoms with van der Waals surface area (Å²) >= 11 is 0. The second-order valence-electron chi connectivity index (χ2n) is 11.9. The van der Waals surface area contributed by atoms with Gasteiger partial charge in [-0.25, -0.2) is 0 Å². The minimum atomic E-state index is -0.0278. The molecule has 246 valence electrons. The molecule has 0 aliphatic carbocycles. The number of hydrogen-bond donors (Lipinski definition) is 2. The van der Waals surface area contributed by atoms with Crippen molar-refractivity contribution in [1.29, 1.82) is 0 Å². The molecule has 0 fully saturated rings. The number of benzene rings is 2. The molecule has 1 unspecified atom stereocenters. The van der Waals surface area contributed by atoms with Crippen molar-refractivity contribution >= 4 is 12.4 Å². The van der Waals surface area contributed by atoms with Gasteiger partial charge in [-0.2, -0.15) is 0 Å². The van der Waals surface area contributed by atoms with Crippen LogP contribution in [0.3, 0.4) is 0 Å². The first-order chi connectivity index (χ1) is 21.6. The Bertz CT molecular complexity index is 1070. The fourth-order valence-electron chi connectivity index (χ4n) is 5.04. The summed E-state index contributed by atoms with van der Waals surface area (Å²) in [7, 11) is 0. The Labute approximate surface area is 268 Å². The lowest BCUT2D eigenvalue weighted by atomic mass is 10.1. The van der Waals surface area contributed by atoms with E-state index >= 15 is 0 Å². The van der Waals surface area contributed by atoms with Gasteiger partial charge in [0.05, 0.1) is 25.8 Å². The van der Waals surface area contributed by atoms with Crippen LogP contribution < -0.4 is 9.47 Å². The third-order valence-electron chi connectivity index (χ3n) is 7.98. The van der Waals surface area contributed by atoms with Crippen LogP contribution in [0.25, 0.3) is 0 Å². The van der Waals surface area contributed by atoms with Crippen LogP contribution in [0.4, 0.5) is 0 Å². The summed E-state index contributed by atoms with van der Waals surface area (Å²) in [6.07, 6.45) is 24.4. The predicted molar refractivity (Wildman–Crippen MR) is 187 cm³/mol. The molecule has 2 rings (SSSR count). The van der Waals surface area contributed by atoms with Gasteiger partial charge in [-0.15, -0.1) is 0 Å². The lowest BCUT2D eigenvalue weighted by Gasteiger charge is -2.09. The standard InChI is InChI=1S/C38H60N2O4/c1-4-7-9-11-13-15-17-19-25-43-35-23-21-32(37(41)27-35)29-39-31-34(6-3)40-30-33-22-24-36(28-38(33)42)44-26-20-18-16-14-12-10-8-5-2/h21-24,27-30,34,41-42H,4-20,25-26,31H2,1-3H3. The summed E-state index contributed by atoms with van der Waals surface area (Å²) in [6.45, 7) is 8.39. The van der Waals surface area contributed by atoms with E-state index in [0.717, 1.165) is 19.3 Å². The van der Waals surface area contributed by atoms with Gasteiger partial charge in [0.15, 0.2) is 0 Å². The Morgan fingerprint density at radius 1 is 0.591 bits per heavy atom. The van der Waals surface area contributed by atoms with E-state index in [9.17, 15) is 10.2 Å². The molecule has 2 aromatic carbocycles. The normalized spacial score (nSPS) is 12.3. The summed E-state index contributed by atoms with van der Waals surface area (Å²) in [6, 6.07) is 10.7. The molecular weight excluding hydrogens is 548 g/mol. The zero-order chi connectivity index (χ0) is 31.7. The third kappa shape index (κ3) is 16.7. The van der Waals surface area contributed by atoms with E-state index in [1.54, 1.807) is 24.6 Å². The predicted octanol–water partition coefficient (Wildman–Crippen LogP) is 10.5. The molecule has 0 aliphatic rings. The molecule has 6 nitrogen and oxygen atoms in total. The van der Waals surface area contributed by atoms with Crippen molar-refractivity contribution in [3.8, 4) is 23.0 Å². The highest BCUT2D eigenvalue weighted by Gasteiger charge is 2.06. The zero-order valence-electron chi connectivity index (χ0n) is 27.9. The number of phenols is 2. The summed E-state index contributed by atoms with van der Waals surface area (Å²) in [5.74, 6) is 1.69. The molecule has 0 amide bonds. The maximum absolute atomic E-state index is 10.5. The number of aromatic hydroxyl groups is 2. The van der Waals surface area contributed by atoms with E-state index in [1.807, 2.05) is 24.3 Å². The van der Waals surface area contributed by atoms with Gasteiger partial charge in [-0.3, -0.25) is 9.98 Å². The van der Waals surface area contributed by atoms with Gasteiger partial charge in [-0.05, 0) is 43.5 Å². The Hall–Kier alpha value is -3.02. The molecule has 0 radical (unpaired) electrons. The first-order valence-corrected chi connectivity index (χ1v) is 17.5. The Balaban J connectivity index is 1.70. The quantitative estimate of drug-likeness (QED) is 0.0822. The lowest BCUT2D eigenvalue weighted by Crippen LogP contribution is -2.08. The highest BCUT2D eigenvalue weighted by Crippen LogP contribution is 2.24. The van der Waals surface area contributed by atoms with Crippen LogP contribution in [0.5, 0.6) is 23.0 Å². The van der Waals surface area contributed by atoms with Crippen LogP contribution in [0, 0.1) is 0 Å². The SMILES string of the molecule is CCCCCCCCCCOc1ccc(C=NCC(CC)N=Cc2ccc(OCCCCCCCCCC)cc2O)c(O)c1. The molecule has 44 heavy (non-hydrogen) atoms. The molecule has 0 saturated heterocycles. The van der Waals surface area contributed by atoms with Gasteiger partial charge < -0.3 is 19.7 Å². The number of phenolic OH excluding ortho intramolecular Hbond substituents is 2. The number of unbranched alkanes of at least 4 members (excludes halogenated alkanes) is 14. The van der Waals surface area contributed by atoms with Crippen molar-refractivity contribution in [3.05, 3.63) is 47.5 Å². The lowest BCUT2D eigenvalue weighted by molar-refractivity contribution is 0.302. The van der Waals surface area contributed by atoms with Crippen LogP contribution in [0.1, 0.15) is 141 Å². The number of aliphatic imine (C=N–C) groups is 2. The average Bonchev–Trinajstić information content (AvgIpc) is 3.02. The van der Waals surface area contributed by atoms with Crippen molar-refractivity contribution in [2.45, 2.75) is 136 Å². The Kier molecular flexibility index (Phi) is 20.5. The minimum absolute atomic E-state index is 0.0278. The highest BCUT2D eigenvalue weighted by atomic mass is 16.5. The van der Waals surface area contributed by atoms with E-state index in [-0.39, 0.29) is 17.5 Å². The summed E-state index contributed by atoms with van der Waals surface area (Å²) in [5.41, 5.74) is 1.32. The topological polar surface area (TPSA) is 83.6 Å². The first kappa shape index (κ1) is 37.2. The average molecular weight is 609 g/mol. The monoisotopic (exact) mass is 608 g/mol. The minimum Gasteiger partial charge on any atom is -0.507 e. The van der Waals surface area contributed by atoms with Gasteiger partial charge in [0.1, 0.15) is 23.0 Å². The van der Waals surface area contributed by atoms with E-state index in [4.69, 9.17) is 9.47 Å². The smallest absolute Gasteiger partial charge is 0.128 e.